The van der Waals surface area contributed by atoms with Gasteiger partial charge in [-0.3, -0.25) is 14.5 Å². The Bertz CT molecular complexity index is 1040. The van der Waals surface area contributed by atoms with E-state index in [9.17, 15) is 14.7 Å². The summed E-state index contributed by atoms with van der Waals surface area (Å²) in [5.41, 5.74) is 1.21. The maximum absolute atomic E-state index is 13.1. The van der Waals surface area contributed by atoms with Crippen LogP contribution in [0.2, 0.25) is 0 Å². The summed E-state index contributed by atoms with van der Waals surface area (Å²) in [6, 6.07) is 13.2. The number of carbonyl (C=O) groups excluding carboxylic acids is 2. The van der Waals surface area contributed by atoms with Gasteiger partial charge in [-0.15, -0.1) is 0 Å². The van der Waals surface area contributed by atoms with Crippen molar-refractivity contribution < 1.29 is 28.9 Å². The topological polar surface area (TPSA) is 88.5 Å². The number of aliphatic hydroxyl groups excluding tert-OH is 1. The third kappa shape index (κ3) is 4.72. The lowest BCUT2D eigenvalue weighted by atomic mass is 9.95. The number of nitrogens with zero attached hydrogens (tertiary/aromatic N) is 2. The van der Waals surface area contributed by atoms with Gasteiger partial charge in [0, 0.05) is 31.7 Å². The predicted molar refractivity (Wildman–Crippen MR) is 122 cm³/mol. The van der Waals surface area contributed by atoms with Crippen molar-refractivity contribution in [2.75, 3.05) is 53.6 Å². The molecule has 0 bridgehead atoms. The summed E-state index contributed by atoms with van der Waals surface area (Å²) in [6.07, 6.45) is 0. The van der Waals surface area contributed by atoms with Crippen molar-refractivity contribution in [2.24, 2.45) is 0 Å². The first-order valence-electron chi connectivity index (χ1n) is 10.9. The van der Waals surface area contributed by atoms with Gasteiger partial charge >= 0.3 is 0 Å². The number of ketones is 1. The first-order valence-corrected chi connectivity index (χ1v) is 10.9. The summed E-state index contributed by atoms with van der Waals surface area (Å²) in [4.78, 5) is 30.0. The van der Waals surface area contributed by atoms with Gasteiger partial charge in [0.2, 0.25) is 0 Å². The molecule has 8 nitrogen and oxygen atoms in total. The lowest BCUT2D eigenvalue weighted by Crippen LogP contribution is -2.42. The summed E-state index contributed by atoms with van der Waals surface area (Å²) < 4.78 is 15.9. The minimum absolute atomic E-state index is 0.0698. The van der Waals surface area contributed by atoms with E-state index < -0.39 is 17.7 Å². The molecule has 2 aliphatic heterocycles. The quantitative estimate of drug-likeness (QED) is 0.392. The molecule has 8 heteroatoms. The van der Waals surface area contributed by atoms with Gasteiger partial charge < -0.3 is 24.2 Å². The van der Waals surface area contributed by atoms with Crippen molar-refractivity contribution in [3.05, 3.63) is 65.2 Å². The number of carbonyl (C=O) groups is 2. The number of benzene rings is 2. The average Bonchev–Trinajstić information content (AvgIpc) is 3.12. The molecule has 0 saturated carbocycles. The minimum atomic E-state index is -0.719. The normalized spacial score (nSPS) is 20.8. The van der Waals surface area contributed by atoms with E-state index in [-0.39, 0.29) is 11.3 Å². The van der Waals surface area contributed by atoms with Crippen LogP contribution in [-0.4, -0.2) is 80.2 Å². The molecule has 2 saturated heterocycles. The molecule has 0 unspecified atom stereocenters. The largest absolute Gasteiger partial charge is 0.507 e. The number of hydrogen-bond acceptors (Lipinski definition) is 7. The van der Waals surface area contributed by atoms with Crippen LogP contribution in [0, 0.1) is 0 Å². The number of ether oxygens (including phenoxy) is 3. The van der Waals surface area contributed by atoms with Crippen LogP contribution in [0.25, 0.3) is 5.76 Å². The van der Waals surface area contributed by atoms with Crippen molar-refractivity contribution in [1.82, 2.24) is 9.80 Å². The van der Waals surface area contributed by atoms with E-state index in [4.69, 9.17) is 14.2 Å². The third-order valence-corrected chi connectivity index (χ3v) is 6.07. The fourth-order valence-electron chi connectivity index (χ4n) is 4.25. The van der Waals surface area contributed by atoms with Gasteiger partial charge in [0.25, 0.3) is 11.7 Å². The zero-order chi connectivity index (χ0) is 23.4. The molecule has 1 amide bonds. The molecule has 2 aliphatic rings. The molecule has 2 aromatic carbocycles. The maximum atomic E-state index is 13.1. The summed E-state index contributed by atoms with van der Waals surface area (Å²) in [5, 5.41) is 11.1. The molecule has 0 aromatic heterocycles. The van der Waals surface area contributed by atoms with Crippen molar-refractivity contribution in [3.63, 3.8) is 0 Å². The van der Waals surface area contributed by atoms with Gasteiger partial charge in [-0.25, -0.2) is 0 Å². The number of rotatable bonds is 7. The number of aliphatic hydroxyl groups is 1. The predicted octanol–water partition coefficient (Wildman–Crippen LogP) is 2.46. The number of likely N-dealkylation sites (tertiary alicyclic amines) is 1. The number of hydrogen-bond donors (Lipinski definition) is 1. The van der Waals surface area contributed by atoms with Crippen LogP contribution in [0.1, 0.15) is 17.2 Å². The number of Topliss-reactive ketones (excluding diaryl/α,β-unsaturated/α-hetero) is 1. The summed E-state index contributed by atoms with van der Waals surface area (Å²) in [7, 11) is 3.11. The van der Waals surface area contributed by atoms with Gasteiger partial charge in [-0.05, 0) is 42.0 Å². The zero-order valence-electron chi connectivity index (χ0n) is 18.8. The Morgan fingerprint density at radius 3 is 2.36 bits per heavy atom. The maximum Gasteiger partial charge on any atom is 0.295 e. The van der Waals surface area contributed by atoms with Gasteiger partial charge in [-0.1, -0.05) is 12.1 Å². The van der Waals surface area contributed by atoms with Gasteiger partial charge in [0.1, 0.15) is 17.3 Å². The molecule has 0 radical (unpaired) electrons. The summed E-state index contributed by atoms with van der Waals surface area (Å²) in [6.45, 7) is 3.82. The second-order valence-electron chi connectivity index (χ2n) is 7.95. The fourth-order valence-corrected chi connectivity index (χ4v) is 4.25. The highest BCUT2D eigenvalue weighted by Gasteiger charge is 2.46. The number of methoxy groups -OCH3 is 2. The second kappa shape index (κ2) is 10.1. The Hall–Kier alpha value is -3.36. The first-order chi connectivity index (χ1) is 16.0. The second-order valence-corrected chi connectivity index (χ2v) is 7.95. The monoisotopic (exact) mass is 452 g/mol. The molecular weight excluding hydrogens is 424 g/mol. The van der Waals surface area contributed by atoms with Crippen molar-refractivity contribution in [2.45, 2.75) is 6.04 Å². The first kappa shape index (κ1) is 22.8. The van der Waals surface area contributed by atoms with Crippen molar-refractivity contribution in [1.29, 1.82) is 0 Å². The molecule has 2 aromatic rings. The Labute approximate surface area is 193 Å². The average molecular weight is 453 g/mol. The van der Waals surface area contributed by atoms with E-state index in [2.05, 4.69) is 4.90 Å². The van der Waals surface area contributed by atoms with E-state index in [0.717, 1.165) is 13.1 Å². The van der Waals surface area contributed by atoms with Gasteiger partial charge in [0.15, 0.2) is 0 Å². The lowest BCUT2D eigenvalue weighted by molar-refractivity contribution is -0.140. The summed E-state index contributed by atoms with van der Waals surface area (Å²) in [5.74, 6) is -0.292. The molecule has 0 spiro atoms. The fraction of sp³-hybridized carbons (Fsp3) is 0.360. The smallest absolute Gasteiger partial charge is 0.295 e. The Balaban J connectivity index is 1.74. The number of amides is 1. The minimum Gasteiger partial charge on any atom is -0.507 e. The van der Waals surface area contributed by atoms with Crippen LogP contribution < -0.4 is 9.47 Å². The zero-order valence-corrected chi connectivity index (χ0v) is 18.8. The molecular formula is C25H28N2O6. The molecule has 2 heterocycles. The van der Waals surface area contributed by atoms with Gasteiger partial charge in [-0.2, -0.15) is 0 Å². The lowest BCUT2D eigenvalue weighted by Gasteiger charge is -2.31. The Morgan fingerprint density at radius 2 is 1.70 bits per heavy atom. The van der Waals surface area contributed by atoms with Crippen LogP contribution in [0.5, 0.6) is 11.5 Å². The molecule has 1 atom stereocenters. The molecule has 33 heavy (non-hydrogen) atoms. The van der Waals surface area contributed by atoms with Crippen LogP contribution in [0.3, 0.4) is 0 Å². The molecule has 4 rings (SSSR count). The molecule has 174 valence electrons. The van der Waals surface area contributed by atoms with E-state index in [1.807, 2.05) is 12.1 Å². The van der Waals surface area contributed by atoms with Crippen LogP contribution in [0.4, 0.5) is 0 Å². The molecule has 0 aliphatic carbocycles. The van der Waals surface area contributed by atoms with Crippen LogP contribution >= 0.6 is 0 Å². The van der Waals surface area contributed by atoms with E-state index in [1.165, 1.54) is 0 Å². The SMILES string of the molecule is COc1ccc(C(O)=C2C(=O)C(=O)N(CCN3CCOCC3)[C@@H]2c2cccc(OC)c2)cc1. The van der Waals surface area contributed by atoms with Crippen LogP contribution in [-0.2, 0) is 14.3 Å². The van der Waals surface area contributed by atoms with Crippen molar-refractivity contribution in [3.8, 4) is 11.5 Å². The standard InChI is InChI=1S/C25H28N2O6/c1-31-19-8-6-17(7-9-19)23(28)21-22(18-4-3-5-20(16-18)32-2)27(25(30)24(21)29)11-10-26-12-14-33-15-13-26/h3-9,16,22,28H,10-15H2,1-2H3/t22-/m1/s1. The molecule has 2 fully saturated rings. The van der Waals surface area contributed by atoms with Crippen molar-refractivity contribution >= 4 is 17.4 Å². The highest BCUT2D eigenvalue weighted by atomic mass is 16.5. The van der Waals surface area contributed by atoms with E-state index >= 15 is 0 Å². The summed E-state index contributed by atoms with van der Waals surface area (Å²) >= 11 is 0. The van der Waals surface area contributed by atoms with Crippen LogP contribution in [0.15, 0.2) is 54.1 Å². The Kier molecular flexibility index (Phi) is 6.96. The molecule has 1 N–H and O–H groups in total. The highest BCUT2D eigenvalue weighted by Crippen LogP contribution is 2.40. The third-order valence-electron chi connectivity index (χ3n) is 6.07. The number of morpholine rings is 1. The van der Waals surface area contributed by atoms with E-state index in [1.54, 1.807) is 55.5 Å². The highest BCUT2D eigenvalue weighted by molar-refractivity contribution is 6.46. The Morgan fingerprint density at radius 1 is 1.00 bits per heavy atom. The van der Waals surface area contributed by atoms with Gasteiger partial charge in [0.05, 0.1) is 39.0 Å². The van der Waals surface area contributed by atoms with E-state index in [0.29, 0.717) is 48.9 Å².